The first-order valence-corrected chi connectivity index (χ1v) is 37.6. The maximum absolute atomic E-state index is 4.35. The van der Waals surface area contributed by atoms with Gasteiger partial charge in [-0.15, -0.1) is 0 Å². The molecule has 18 rings (SSSR count). The van der Waals surface area contributed by atoms with Gasteiger partial charge < -0.3 is 0 Å². The zero-order chi connectivity index (χ0) is 78.5. The molecule has 12 aromatic carbocycles. The summed E-state index contributed by atoms with van der Waals surface area (Å²) >= 11 is 0. The number of rotatable bonds is 12. The fraction of sp³-hybridized carbons (Fsp3) is 0.0588. The molecule has 6 aromatic heterocycles. The Hall–Kier alpha value is -14.9. The molecule has 0 amide bonds. The third kappa shape index (κ3) is 20.3. The highest BCUT2D eigenvalue weighted by atomic mass is 14.9. The highest BCUT2D eigenvalue weighted by molar-refractivity contribution is 5.86. The van der Waals surface area contributed by atoms with Crippen molar-refractivity contribution in [2.75, 3.05) is 0 Å². The summed E-state index contributed by atoms with van der Waals surface area (Å²) in [5.41, 5.74) is 33.0. The number of aromatic nitrogens is 12. The van der Waals surface area contributed by atoms with Crippen LogP contribution in [0, 0.1) is 41.5 Å². The van der Waals surface area contributed by atoms with E-state index in [-0.39, 0.29) is 0 Å². The molecule has 0 fully saturated rings. The Labute approximate surface area is 667 Å². The number of benzene rings is 12. The summed E-state index contributed by atoms with van der Waals surface area (Å²) in [4.78, 5) is 50.2. The molecule has 0 N–H and O–H groups in total. The smallest absolute Gasteiger partial charge is 0.159 e. The lowest BCUT2D eigenvalue weighted by Crippen LogP contribution is -1.91. The zero-order valence-electron chi connectivity index (χ0n) is 64.5. The van der Waals surface area contributed by atoms with Crippen molar-refractivity contribution in [3.05, 3.63) is 436 Å². The molecule has 6 heterocycles. The lowest BCUT2D eigenvalue weighted by molar-refractivity contribution is 1.17. The van der Waals surface area contributed by atoms with E-state index in [1.165, 1.54) is 100 Å². The van der Waals surface area contributed by atoms with Crippen molar-refractivity contribution in [3.8, 4) is 134 Å². The molecule has 0 spiro atoms. The molecular weight excluding hydrogens is 1390 g/mol. The van der Waals surface area contributed by atoms with E-state index in [1.54, 1.807) is 62.5 Å². The molecule has 0 bridgehead atoms. The van der Waals surface area contributed by atoms with Crippen molar-refractivity contribution >= 4 is 0 Å². The average Bonchev–Trinajstić information content (AvgIpc) is 0.815. The molecule has 0 unspecified atom stereocenters. The Morgan fingerprint density at radius 1 is 0.158 bits per heavy atom. The molecule has 0 saturated carbocycles. The Morgan fingerprint density at radius 3 is 0.868 bits per heavy atom. The van der Waals surface area contributed by atoms with Crippen molar-refractivity contribution < 1.29 is 0 Å². The molecule has 12 nitrogen and oxygen atoms in total. The highest BCUT2D eigenvalue weighted by Crippen LogP contribution is 2.37. The summed E-state index contributed by atoms with van der Waals surface area (Å²) in [5, 5.41) is 0. The van der Waals surface area contributed by atoms with Gasteiger partial charge in [-0.1, -0.05) is 273 Å². The van der Waals surface area contributed by atoms with E-state index < -0.39 is 0 Å². The minimum absolute atomic E-state index is 0.762. The first-order chi connectivity index (χ1) is 56.1. The van der Waals surface area contributed by atoms with Gasteiger partial charge in [0.25, 0.3) is 0 Å². The third-order valence-electron chi connectivity index (χ3n) is 19.2. The Bertz CT molecular complexity index is 5480. The fourth-order valence-corrected chi connectivity index (χ4v) is 13.4. The van der Waals surface area contributed by atoms with Crippen LogP contribution in [0.3, 0.4) is 0 Å². The normalized spacial score (nSPS) is 10.4. The van der Waals surface area contributed by atoms with Gasteiger partial charge in [0.05, 0.1) is 11.4 Å². The summed E-state index contributed by atoms with van der Waals surface area (Å²) in [6.07, 6.45) is 24.3. The largest absolute Gasteiger partial charge is 0.245 e. The number of hydrogen-bond donors (Lipinski definition) is 0. The molecule has 0 radical (unpaired) electrons. The summed E-state index contributed by atoms with van der Waals surface area (Å²) in [6, 6.07) is 108. The van der Waals surface area contributed by atoms with E-state index >= 15 is 0 Å². The zero-order valence-corrected chi connectivity index (χ0v) is 64.5. The van der Waals surface area contributed by atoms with E-state index in [0.29, 0.717) is 0 Å². The van der Waals surface area contributed by atoms with Crippen molar-refractivity contribution in [1.29, 1.82) is 0 Å². The number of nitrogens with zero attached hydrogens (tertiary/aromatic N) is 12. The van der Waals surface area contributed by atoms with Crippen LogP contribution in [-0.4, -0.2) is 59.8 Å². The van der Waals surface area contributed by atoms with Crippen LogP contribution in [0.2, 0.25) is 0 Å². The average molecular weight is 1480 g/mol. The number of aryl methyl sites for hydroxylation is 6. The Morgan fingerprint density at radius 2 is 0.456 bits per heavy atom. The molecule has 552 valence electrons. The van der Waals surface area contributed by atoms with E-state index in [1.807, 2.05) is 85.5 Å². The van der Waals surface area contributed by atoms with E-state index in [9.17, 15) is 0 Å². The monoisotopic (exact) mass is 1480 g/mol. The molecule has 0 aliphatic rings. The lowest BCUT2D eigenvalue weighted by Gasteiger charge is -2.11. The molecule has 0 aliphatic carbocycles. The topological polar surface area (TPSA) is 155 Å². The van der Waals surface area contributed by atoms with Gasteiger partial charge in [-0.2, -0.15) is 0 Å². The fourth-order valence-electron chi connectivity index (χ4n) is 13.4. The summed E-state index contributed by atoms with van der Waals surface area (Å²) in [6.45, 7) is 12.8. The van der Waals surface area contributed by atoms with Crippen LogP contribution < -0.4 is 0 Å². The van der Waals surface area contributed by atoms with Gasteiger partial charge in [0.15, 0.2) is 11.6 Å². The van der Waals surface area contributed by atoms with E-state index in [4.69, 9.17) is 0 Å². The van der Waals surface area contributed by atoms with Crippen molar-refractivity contribution in [2.24, 2.45) is 0 Å². The minimum atomic E-state index is 0.762. The van der Waals surface area contributed by atoms with Crippen LogP contribution in [0.4, 0.5) is 0 Å². The van der Waals surface area contributed by atoms with Crippen LogP contribution in [-0.2, 0) is 0 Å². The second-order valence-corrected chi connectivity index (χ2v) is 26.9. The van der Waals surface area contributed by atoms with Crippen LogP contribution in [0.5, 0.6) is 0 Å². The van der Waals surface area contributed by atoms with Crippen LogP contribution in [0.25, 0.3) is 134 Å². The number of hydrogen-bond acceptors (Lipinski definition) is 12. The van der Waals surface area contributed by atoms with Crippen molar-refractivity contribution in [3.63, 3.8) is 0 Å². The molecule has 12 heteroatoms. The second-order valence-electron chi connectivity index (χ2n) is 26.9. The Balaban J connectivity index is 0.000000119. The first kappa shape index (κ1) is 77.3. The third-order valence-corrected chi connectivity index (χ3v) is 19.2. The summed E-state index contributed by atoms with van der Waals surface area (Å²) < 4.78 is 0. The van der Waals surface area contributed by atoms with Gasteiger partial charge in [-0.05, 0) is 195 Å². The Kier molecular flexibility index (Phi) is 26.8. The minimum Gasteiger partial charge on any atom is -0.245 e. The summed E-state index contributed by atoms with van der Waals surface area (Å²) in [7, 11) is 0. The molecular formula is C102H84N12. The summed E-state index contributed by atoms with van der Waals surface area (Å²) in [5.74, 6) is 1.53. The van der Waals surface area contributed by atoms with Gasteiger partial charge in [-0.3, -0.25) is 0 Å². The maximum atomic E-state index is 4.35. The van der Waals surface area contributed by atoms with E-state index in [0.717, 1.165) is 67.5 Å². The van der Waals surface area contributed by atoms with Crippen molar-refractivity contribution in [2.45, 2.75) is 41.5 Å². The maximum Gasteiger partial charge on any atom is 0.159 e. The first-order valence-electron chi connectivity index (χ1n) is 37.6. The lowest BCUT2D eigenvalue weighted by atomic mass is 9.93. The van der Waals surface area contributed by atoms with Crippen LogP contribution in [0.1, 0.15) is 33.4 Å². The van der Waals surface area contributed by atoms with Gasteiger partial charge in [0.1, 0.15) is 25.3 Å². The molecule has 0 aliphatic heterocycles. The van der Waals surface area contributed by atoms with Crippen LogP contribution in [0.15, 0.2) is 403 Å². The quantitative estimate of drug-likeness (QED) is 0.114. The SMILES string of the molecule is Cc1ccccc1-c1cccc(-c2ccncn2)c1.Cc1ccccc1-c1cccc(-c2cncnc2)c1.Cc1ccccc1-c1cccc(-c2ncccn2)c1.Cc1ccccc1-c1ccccc1-c1ccncn1.Cc1ccccc1-c1ccccc1-c1cncnc1.Cc1ccccc1-c1ccccc1-c1ncccn1. The van der Waals surface area contributed by atoms with Crippen molar-refractivity contribution in [1.82, 2.24) is 59.8 Å². The molecule has 114 heavy (non-hydrogen) atoms. The highest BCUT2D eigenvalue weighted by Gasteiger charge is 2.14. The van der Waals surface area contributed by atoms with Gasteiger partial charge in [-0.25, -0.2) is 59.8 Å². The molecule has 0 saturated heterocycles. The molecule has 0 atom stereocenters. The van der Waals surface area contributed by atoms with Gasteiger partial charge in [0, 0.05) is 95.3 Å². The van der Waals surface area contributed by atoms with E-state index in [2.05, 4.69) is 356 Å². The predicted molar refractivity (Wildman–Crippen MR) is 466 cm³/mol. The van der Waals surface area contributed by atoms with Crippen LogP contribution >= 0.6 is 0 Å². The molecule has 18 aromatic rings. The second kappa shape index (κ2) is 39.5. The predicted octanol–water partition coefficient (Wildman–Crippen LogP) is 24.7. The van der Waals surface area contributed by atoms with Gasteiger partial charge in [0.2, 0.25) is 0 Å². The van der Waals surface area contributed by atoms with Gasteiger partial charge >= 0.3 is 0 Å². The standard InChI is InChI=1S/6C17H14N2/c1-13-6-2-3-9-16(13)14-7-4-8-15(12-14)17-18-10-5-11-19-17;1-13-7-2-3-8-14(13)15-9-4-5-10-16(15)17-18-11-6-12-19-17;1-13-6-2-3-7-15(13)17-9-5-4-8-16(17)14-10-18-12-19-11-14;1-13-6-2-3-7-14(13)15-8-4-5-9-16(15)17-10-11-18-12-19-17;1-13-5-2-3-8-17(13)15-7-4-6-14(9-15)16-10-18-12-19-11-16;1-13-5-2-3-8-16(13)14-6-4-7-15(11-14)17-9-10-18-12-19-17/h6*2-12H,1H3.